The Balaban J connectivity index is 1.89. The first-order valence-corrected chi connectivity index (χ1v) is 8.00. The zero-order chi connectivity index (χ0) is 18.0. The van der Waals surface area contributed by atoms with Gasteiger partial charge in [-0.15, -0.1) is 0 Å². The standard InChI is InChI=1S/C19H19F2NO3/c1-24-16-7-13(8-17(10-16)25-2)19(23)22(15-5-6-15)11-12-3-4-14(20)9-18(12)21/h3-4,7-10,15H,5-6,11H2,1-2H3. The fourth-order valence-corrected chi connectivity index (χ4v) is 2.68. The van der Waals surface area contributed by atoms with E-state index in [1.807, 2.05) is 0 Å². The van der Waals surface area contributed by atoms with Crippen LogP contribution in [0.4, 0.5) is 8.78 Å². The van der Waals surface area contributed by atoms with Gasteiger partial charge in [-0.25, -0.2) is 8.78 Å². The second-order valence-corrected chi connectivity index (χ2v) is 6.00. The average molecular weight is 347 g/mol. The quantitative estimate of drug-likeness (QED) is 0.798. The second kappa shape index (κ2) is 7.09. The van der Waals surface area contributed by atoms with E-state index in [-0.39, 0.29) is 24.1 Å². The van der Waals surface area contributed by atoms with E-state index in [1.54, 1.807) is 23.1 Å². The number of carbonyl (C=O) groups is 1. The summed E-state index contributed by atoms with van der Waals surface area (Å²) in [5, 5.41) is 0. The van der Waals surface area contributed by atoms with Gasteiger partial charge in [-0.1, -0.05) is 6.07 Å². The number of rotatable bonds is 6. The predicted molar refractivity (Wildman–Crippen MR) is 88.8 cm³/mol. The van der Waals surface area contributed by atoms with Gasteiger partial charge in [-0.05, 0) is 31.0 Å². The highest BCUT2D eigenvalue weighted by Gasteiger charge is 2.34. The average Bonchev–Trinajstić information content (AvgIpc) is 3.45. The number of benzene rings is 2. The second-order valence-electron chi connectivity index (χ2n) is 6.00. The van der Waals surface area contributed by atoms with E-state index in [4.69, 9.17) is 9.47 Å². The first-order valence-electron chi connectivity index (χ1n) is 8.00. The van der Waals surface area contributed by atoms with Crippen molar-refractivity contribution in [1.82, 2.24) is 4.90 Å². The summed E-state index contributed by atoms with van der Waals surface area (Å²) in [5.74, 6) is -0.508. The van der Waals surface area contributed by atoms with Crippen molar-refractivity contribution in [3.63, 3.8) is 0 Å². The van der Waals surface area contributed by atoms with Crippen LogP contribution in [0.15, 0.2) is 36.4 Å². The molecule has 1 saturated carbocycles. The van der Waals surface area contributed by atoms with Crippen molar-refractivity contribution in [2.75, 3.05) is 14.2 Å². The zero-order valence-electron chi connectivity index (χ0n) is 14.1. The lowest BCUT2D eigenvalue weighted by molar-refractivity contribution is 0.0727. The molecule has 0 atom stereocenters. The summed E-state index contributed by atoms with van der Waals surface area (Å²) in [4.78, 5) is 14.6. The lowest BCUT2D eigenvalue weighted by Gasteiger charge is -2.23. The van der Waals surface area contributed by atoms with Crippen LogP contribution in [0, 0.1) is 11.6 Å². The fourth-order valence-electron chi connectivity index (χ4n) is 2.68. The SMILES string of the molecule is COc1cc(OC)cc(C(=O)N(Cc2ccc(F)cc2F)C2CC2)c1. The first-order chi connectivity index (χ1) is 12.0. The number of methoxy groups -OCH3 is 2. The predicted octanol–water partition coefficient (Wildman–Crippen LogP) is 3.79. The molecule has 0 unspecified atom stereocenters. The molecule has 0 aliphatic heterocycles. The highest BCUT2D eigenvalue weighted by molar-refractivity contribution is 5.95. The maximum atomic E-state index is 14.0. The molecule has 1 fully saturated rings. The molecule has 0 heterocycles. The third-order valence-corrected chi connectivity index (χ3v) is 4.20. The van der Waals surface area contributed by atoms with E-state index >= 15 is 0 Å². The Morgan fingerprint density at radius 3 is 2.24 bits per heavy atom. The van der Waals surface area contributed by atoms with Crippen molar-refractivity contribution in [2.24, 2.45) is 0 Å². The maximum absolute atomic E-state index is 14.0. The summed E-state index contributed by atoms with van der Waals surface area (Å²) in [7, 11) is 3.02. The van der Waals surface area contributed by atoms with Crippen LogP contribution in [-0.4, -0.2) is 31.1 Å². The van der Waals surface area contributed by atoms with Gasteiger partial charge in [-0.2, -0.15) is 0 Å². The minimum absolute atomic E-state index is 0.0640. The Labute approximate surface area is 145 Å². The number of carbonyl (C=O) groups excluding carboxylic acids is 1. The number of ether oxygens (including phenoxy) is 2. The Kier molecular flexibility index (Phi) is 4.88. The monoisotopic (exact) mass is 347 g/mol. The highest BCUT2D eigenvalue weighted by Crippen LogP contribution is 2.32. The summed E-state index contributed by atoms with van der Waals surface area (Å²) in [6.45, 7) is 0.0924. The number of hydrogen-bond acceptors (Lipinski definition) is 3. The largest absolute Gasteiger partial charge is 0.497 e. The fraction of sp³-hybridized carbons (Fsp3) is 0.316. The molecule has 0 N–H and O–H groups in total. The van der Waals surface area contributed by atoms with Crippen molar-refractivity contribution in [3.8, 4) is 11.5 Å². The summed E-state index contributed by atoms with van der Waals surface area (Å²) < 4.78 is 37.5. The van der Waals surface area contributed by atoms with Crippen molar-refractivity contribution in [1.29, 1.82) is 0 Å². The summed E-state index contributed by atoms with van der Waals surface area (Å²) in [6.07, 6.45) is 1.74. The Bertz CT molecular complexity index is 768. The molecule has 0 radical (unpaired) electrons. The van der Waals surface area contributed by atoms with Crippen LogP contribution in [0.5, 0.6) is 11.5 Å². The minimum atomic E-state index is -0.651. The van der Waals surface area contributed by atoms with Crippen LogP contribution in [0.3, 0.4) is 0 Å². The van der Waals surface area contributed by atoms with Crippen LogP contribution in [0.2, 0.25) is 0 Å². The van der Waals surface area contributed by atoms with Crippen LogP contribution in [0.25, 0.3) is 0 Å². The van der Waals surface area contributed by atoms with Crippen LogP contribution in [-0.2, 0) is 6.54 Å². The van der Waals surface area contributed by atoms with Crippen LogP contribution < -0.4 is 9.47 Å². The molecule has 132 valence electrons. The van der Waals surface area contributed by atoms with Crippen molar-refractivity contribution in [3.05, 3.63) is 59.2 Å². The molecule has 2 aromatic rings. The van der Waals surface area contributed by atoms with Gasteiger partial charge in [0.15, 0.2) is 0 Å². The summed E-state index contributed by atoms with van der Waals surface area (Å²) in [6, 6.07) is 8.40. The highest BCUT2D eigenvalue weighted by atomic mass is 19.1. The third kappa shape index (κ3) is 3.90. The molecule has 25 heavy (non-hydrogen) atoms. The summed E-state index contributed by atoms with van der Waals surface area (Å²) in [5.41, 5.74) is 0.696. The molecule has 0 spiro atoms. The minimum Gasteiger partial charge on any atom is -0.497 e. The Hall–Kier alpha value is -2.63. The molecular formula is C19H19F2NO3. The van der Waals surface area contributed by atoms with Gasteiger partial charge >= 0.3 is 0 Å². The smallest absolute Gasteiger partial charge is 0.254 e. The molecule has 0 saturated heterocycles. The lowest BCUT2D eigenvalue weighted by atomic mass is 10.1. The molecule has 1 amide bonds. The van der Waals surface area contributed by atoms with Crippen molar-refractivity contribution < 1.29 is 23.0 Å². The topological polar surface area (TPSA) is 38.8 Å². The van der Waals surface area contributed by atoms with Crippen LogP contribution in [0.1, 0.15) is 28.8 Å². The van der Waals surface area contributed by atoms with Gasteiger partial charge in [0.2, 0.25) is 0 Å². The Morgan fingerprint density at radius 2 is 1.72 bits per heavy atom. The molecule has 2 aromatic carbocycles. The van der Waals surface area contributed by atoms with Crippen LogP contribution >= 0.6 is 0 Å². The van der Waals surface area contributed by atoms with Gasteiger partial charge in [-0.3, -0.25) is 4.79 Å². The normalized spacial score (nSPS) is 13.4. The van der Waals surface area contributed by atoms with Gasteiger partial charge < -0.3 is 14.4 Å². The Morgan fingerprint density at radius 1 is 1.08 bits per heavy atom. The van der Waals surface area contributed by atoms with E-state index in [0.29, 0.717) is 17.1 Å². The number of halogens is 2. The van der Waals surface area contributed by atoms with E-state index in [2.05, 4.69) is 0 Å². The van der Waals surface area contributed by atoms with E-state index < -0.39 is 11.6 Å². The summed E-state index contributed by atoms with van der Waals surface area (Å²) >= 11 is 0. The molecule has 1 aliphatic rings. The lowest BCUT2D eigenvalue weighted by Crippen LogP contribution is -2.33. The molecule has 4 nitrogen and oxygen atoms in total. The molecule has 1 aliphatic carbocycles. The van der Waals surface area contributed by atoms with Gasteiger partial charge in [0.05, 0.1) is 14.2 Å². The molecule has 0 bridgehead atoms. The first kappa shape index (κ1) is 17.2. The number of hydrogen-bond donors (Lipinski definition) is 0. The number of nitrogens with zero attached hydrogens (tertiary/aromatic N) is 1. The van der Waals surface area contributed by atoms with E-state index in [1.165, 1.54) is 26.4 Å². The number of amides is 1. The van der Waals surface area contributed by atoms with Gasteiger partial charge in [0, 0.05) is 35.8 Å². The molecule has 0 aromatic heterocycles. The van der Waals surface area contributed by atoms with Gasteiger partial charge in [0.1, 0.15) is 23.1 Å². The maximum Gasteiger partial charge on any atom is 0.254 e. The van der Waals surface area contributed by atoms with Crippen molar-refractivity contribution >= 4 is 5.91 Å². The van der Waals surface area contributed by atoms with E-state index in [0.717, 1.165) is 18.9 Å². The van der Waals surface area contributed by atoms with E-state index in [9.17, 15) is 13.6 Å². The molecular weight excluding hydrogens is 328 g/mol. The molecule has 3 rings (SSSR count). The third-order valence-electron chi connectivity index (χ3n) is 4.20. The zero-order valence-corrected chi connectivity index (χ0v) is 14.1. The van der Waals surface area contributed by atoms with Gasteiger partial charge in [0.25, 0.3) is 5.91 Å². The van der Waals surface area contributed by atoms with Crippen molar-refractivity contribution in [2.45, 2.75) is 25.4 Å². The molecule has 6 heteroatoms.